The number of aromatic nitrogens is 2. The van der Waals surface area contributed by atoms with Gasteiger partial charge in [-0.25, -0.2) is 9.37 Å². The molecule has 1 fully saturated rings. The van der Waals surface area contributed by atoms with Gasteiger partial charge in [0.05, 0.1) is 41.0 Å². The highest BCUT2D eigenvalue weighted by Gasteiger charge is 2.17. The third kappa shape index (κ3) is 5.08. The standard InChI is InChI=1S/C24H20Cl2FN5O3/c25-18-7-13(27)8-19(26)23(18)31-24-16-10-21(33)28-11-17(16)15-9-14(1-2-20(15)30-24)29-22(34)12-32-3-5-35-6-4-32/h1-2,7-11H,3-6,12H2,(H,28,33)(H,29,34)(H,30,31). The van der Waals surface area contributed by atoms with Crippen LogP contribution in [0, 0.1) is 5.82 Å². The molecule has 180 valence electrons. The molecule has 0 saturated carbocycles. The zero-order valence-corrected chi connectivity index (χ0v) is 19.8. The monoisotopic (exact) mass is 515 g/mol. The van der Waals surface area contributed by atoms with Gasteiger partial charge in [0, 0.05) is 47.2 Å². The van der Waals surface area contributed by atoms with Crippen molar-refractivity contribution in [2.45, 2.75) is 0 Å². The predicted octanol–water partition coefficient (Wildman–Crippen LogP) is 4.54. The first-order chi connectivity index (χ1) is 16.9. The number of morpholine rings is 1. The number of pyridine rings is 2. The molecule has 35 heavy (non-hydrogen) atoms. The smallest absolute Gasteiger partial charge is 0.248 e. The number of benzene rings is 2. The summed E-state index contributed by atoms with van der Waals surface area (Å²) < 4.78 is 18.9. The summed E-state index contributed by atoms with van der Waals surface area (Å²) >= 11 is 12.4. The number of aromatic amines is 1. The van der Waals surface area contributed by atoms with Gasteiger partial charge in [-0.3, -0.25) is 14.5 Å². The van der Waals surface area contributed by atoms with Crippen LogP contribution in [0.1, 0.15) is 0 Å². The quantitative estimate of drug-likeness (QED) is 0.337. The van der Waals surface area contributed by atoms with Crippen molar-refractivity contribution < 1.29 is 13.9 Å². The van der Waals surface area contributed by atoms with Crippen LogP contribution in [0.15, 0.2) is 47.4 Å². The number of nitrogens with zero attached hydrogens (tertiary/aromatic N) is 2. The lowest BCUT2D eigenvalue weighted by Gasteiger charge is -2.25. The van der Waals surface area contributed by atoms with E-state index in [1.54, 1.807) is 18.3 Å². The van der Waals surface area contributed by atoms with E-state index >= 15 is 0 Å². The molecular formula is C24H20Cl2FN5O3. The van der Waals surface area contributed by atoms with Gasteiger partial charge in [-0.15, -0.1) is 0 Å². The molecule has 0 radical (unpaired) electrons. The zero-order chi connectivity index (χ0) is 24.5. The fraction of sp³-hybridized carbons (Fsp3) is 0.208. The first-order valence-corrected chi connectivity index (χ1v) is 11.6. The molecule has 5 rings (SSSR count). The summed E-state index contributed by atoms with van der Waals surface area (Å²) in [6, 6.07) is 9.01. The van der Waals surface area contributed by atoms with Gasteiger partial charge in [0.15, 0.2) is 0 Å². The average molecular weight is 516 g/mol. The van der Waals surface area contributed by atoms with E-state index in [-0.39, 0.29) is 33.7 Å². The lowest BCUT2D eigenvalue weighted by atomic mass is 10.1. The fourth-order valence-electron chi connectivity index (χ4n) is 4.04. The van der Waals surface area contributed by atoms with Gasteiger partial charge in [-0.2, -0.15) is 0 Å². The average Bonchev–Trinajstić information content (AvgIpc) is 2.82. The molecule has 4 aromatic rings. The van der Waals surface area contributed by atoms with Crippen molar-refractivity contribution in [3.8, 4) is 0 Å². The molecule has 0 aliphatic carbocycles. The van der Waals surface area contributed by atoms with Gasteiger partial charge in [0.25, 0.3) is 0 Å². The van der Waals surface area contributed by atoms with Gasteiger partial charge in [0.2, 0.25) is 11.5 Å². The number of carbonyl (C=O) groups excluding carboxylic acids is 1. The molecule has 3 N–H and O–H groups in total. The first-order valence-electron chi connectivity index (χ1n) is 10.8. The number of H-pyrrole nitrogens is 1. The van der Waals surface area contributed by atoms with E-state index in [0.29, 0.717) is 54.1 Å². The first kappa shape index (κ1) is 23.5. The molecule has 0 atom stereocenters. The highest BCUT2D eigenvalue weighted by Crippen LogP contribution is 2.37. The van der Waals surface area contributed by atoms with Crippen molar-refractivity contribution >= 4 is 68.0 Å². The van der Waals surface area contributed by atoms with Crippen LogP contribution in [0.3, 0.4) is 0 Å². The van der Waals surface area contributed by atoms with Crippen LogP contribution in [-0.4, -0.2) is 53.6 Å². The Morgan fingerprint density at radius 1 is 1.09 bits per heavy atom. The summed E-state index contributed by atoms with van der Waals surface area (Å²) in [6.07, 6.45) is 1.58. The molecule has 2 aromatic heterocycles. The Morgan fingerprint density at radius 3 is 2.57 bits per heavy atom. The molecule has 8 nitrogen and oxygen atoms in total. The van der Waals surface area contributed by atoms with E-state index in [9.17, 15) is 14.0 Å². The molecule has 0 unspecified atom stereocenters. The fourth-order valence-corrected chi connectivity index (χ4v) is 4.59. The lowest BCUT2D eigenvalue weighted by molar-refractivity contribution is -0.118. The van der Waals surface area contributed by atoms with Crippen LogP contribution in [0.4, 0.5) is 21.6 Å². The number of nitrogens with one attached hydrogen (secondary N) is 3. The topological polar surface area (TPSA) is 99.3 Å². The normalized spacial score (nSPS) is 14.4. The molecule has 1 amide bonds. The maximum absolute atomic E-state index is 13.6. The summed E-state index contributed by atoms with van der Waals surface area (Å²) in [5.41, 5.74) is 1.16. The van der Waals surface area contributed by atoms with Gasteiger partial charge >= 0.3 is 0 Å². The molecule has 11 heteroatoms. The number of anilines is 3. The van der Waals surface area contributed by atoms with Crippen molar-refractivity contribution in [3.05, 3.63) is 68.8 Å². The molecule has 1 aliphatic rings. The molecule has 0 spiro atoms. The Kier molecular flexibility index (Phi) is 6.57. The summed E-state index contributed by atoms with van der Waals surface area (Å²) in [7, 11) is 0. The molecule has 3 heterocycles. The summed E-state index contributed by atoms with van der Waals surface area (Å²) in [4.78, 5) is 34.0. The summed E-state index contributed by atoms with van der Waals surface area (Å²) in [6.45, 7) is 2.93. The van der Waals surface area contributed by atoms with Gasteiger partial charge in [0.1, 0.15) is 11.6 Å². The zero-order valence-electron chi connectivity index (χ0n) is 18.3. The summed E-state index contributed by atoms with van der Waals surface area (Å²) in [5.74, 6) is -0.365. The minimum atomic E-state index is -0.568. The highest BCUT2D eigenvalue weighted by atomic mass is 35.5. The van der Waals surface area contributed by atoms with E-state index in [0.717, 1.165) is 17.5 Å². The minimum Gasteiger partial charge on any atom is -0.379 e. The van der Waals surface area contributed by atoms with Crippen molar-refractivity contribution in [2.75, 3.05) is 43.5 Å². The summed E-state index contributed by atoms with van der Waals surface area (Å²) in [5, 5.41) is 8.05. The lowest BCUT2D eigenvalue weighted by Crippen LogP contribution is -2.41. The van der Waals surface area contributed by atoms with Crippen molar-refractivity contribution in [2.24, 2.45) is 0 Å². The second-order valence-electron chi connectivity index (χ2n) is 8.12. The van der Waals surface area contributed by atoms with E-state index < -0.39 is 5.82 Å². The Bertz CT molecular complexity index is 1480. The number of ether oxygens (including phenoxy) is 1. The van der Waals surface area contributed by atoms with Crippen LogP contribution < -0.4 is 16.2 Å². The largest absolute Gasteiger partial charge is 0.379 e. The van der Waals surface area contributed by atoms with Crippen LogP contribution in [0.25, 0.3) is 21.7 Å². The van der Waals surface area contributed by atoms with E-state index in [4.69, 9.17) is 27.9 Å². The maximum Gasteiger partial charge on any atom is 0.248 e. The molecule has 2 aromatic carbocycles. The van der Waals surface area contributed by atoms with Crippen molar-refractivity contribution in [1.82, 2.24) is 14.9 Å². The van der Waals surface area contributed by atoms with Crippen LogP contribution in [-0.2, 0) is 9.53 Å². The third-order valence-corrected chi connectivity index (χ3v) is 6.30. The van der Waals surface area contributed by atoms with Crippen molar-refractivity contribution in [3.63, 3.8) is 0 Å². The van der Waals surface area contributed by atoms with Crippen LogP contribution in [0.5, 0.6) is 0 Å². The number of hydrogen-bond acceptors (Lipinski definition) is 6. The second kappa shape index (κ2) is 9.79. The number of carbonyl (C=O) groups is 1. The Morgan fingerprint density at radius 2 is 1.83 bits per heavy atom. The minimum absolute atomic E-state index is 0.0771. The van der Waals surface area contributed by atoms with Crippen LogP contribution in [0.2, 0.25) is 10.0 Å². The number of halogens is 3. The Balaban J connectivity index is 1.51. The molecule has 0 bridgehead atoms. The SMILES string of the molecule is O=C(CN1CCOCC1)Nc1ccc2nc(Nc3c(Cl)cc(F)cc3Cl)c3cc(=O)[nH]cc3c2c1. The number of hydrogen-bond donors (Lipinski definition) is 3. The third-order valence-electron chi connectivity index (χ3n) is 5.70. The molecule has 1 aliphatic heterocycles. The highest BCUT2D eigenvalue weighted by molar-refractivity contribution is 6.39. The molecular weight excluding hydrogens is 496 g/mol. The number of rotatable bonds is 5. The second-order valence-corrected chi connectivity index (χ2v) is 8.94. The maximum atomic E-state index is 13.6. The molecule has 1 saturated heterocycles. The Labute approximate surface area is 209 Å². The number of amides is 1. The van der Waals surface area contributed by atoms with E-state index in [1.165, 1.54) is 6.07 Å². The van der Waals surface area contributed by atoms with E-state index in [2.05, 4.69) is 20.6 Å². The predicted molar refractivity (Wildman–Crippen MR) is 135 cm³/mol. The van der Waals surface area contributed by atoms with Crippen molar-refractivity contribution in [1.29, 1.82) is 0 Å². The Hall–Kier alpha value is -3.24. The van der Waals surface area contributed by atoms with Crippen LogP contribution >= 0.6 is 23.2 Å². The van der Waals surface area contributed by atoms with Gasteiger partial charge in [-0.05, 0) is 30.3 Å². The van der Waals surface area contributed by atoms with E-state index in [1.807, 2.05) is 11.0 Å². The van der Waals surface area contributed by atoms with Gasteiger partial charge < -0.3 is 20.4 Å². The number of fused-ring (bicyclic) bond motifs is 3. The van der Waals surface area contributed by atoms with Gasteiger partial charge in [-0.1, -0.05) is 23.2 Å².